The summed E-state index contributed by atoms with van der Waals surface area (Å²) in [5, 5.41) is 0.222. The fraction of sp³-hybridized carbons (Fsp3) is 0.600. The predicted octanol–water partition coefficient (Wildman–Crippen LogP) is 4.75. The third-order valence-corrected chi connectivity index (χ3v) is 11.7. The highest BCUT2D eigenvalue weighted by molar-refractivity contribution is 14.1. The summed E-state index contributed by atoms with van der Waals surface area (Å²) in [6.07, 6.45) is -0.106. The number of hydrogen-bond acceptors (Lipinski definition) is 3. The average Bonchev–Trinajstić information content (AvgIpc) is 2.57. The second-order valence-electron chi connectivity index (χ2n) is 5.40. The molecular weight excluding hydrogens is 465 g/mol. The van der Waals surface area contributed by atoms with Gasteiger partial charge < -0.3 is 4.43 Å². The highest BCUT2D eigenvalue weighted by Gasteiger charge is 2.32. The molecule has 1 unspecified atom stereocenters. The molecule has 1 aromatic carbocycles. The quantitative estimate of drug-likeness (QED) is 0.309. The maximum atomic E-state index is 12.1. The van der Waals surface area contributed by atoms with Crippen LogP contribution in [0, 0.1) is 0 Å². The van der Waals surface area contributed by atoms with Gasteiger partial charge in [0.05, 0.1) is 11.1 Å². The molecule has 0 amide bonds. The Morgan fingerprint density at radius 2 is 1.83 bits per heavy atom. The number of sulfonamides is 1. The van der Waals surface area contributed by atoms with Crippen molar-refractivity contribution in [1.82, 2.24) is 4.72 Å². The van der Waals surface area contributed by atoms with Crippen LogP contribution >= 0.6 is 34.2 Å². The van der Waals surface area contributed by atoms with Gasteiger partial charge in [-0.3, -0.25) is 0 Å². The molecule has 0 radical (unpaired) electrons. The van der Waals surface area contributed by atoms with Crippen LogP contribution in [-0.4, -0.2) is 28.2 Å². The van der Waals surface area contributed by atoms with Crippen molar-refractivity contribution in [2.24, 2.45) is 0 Å². The van der Waals surface area contributed by atoms with Gasteiger partial charge in [-0.2, -0.15) is 0 Å². The Labute approximate surface area is 159 Å². The smallest absolute Gasteiger partial charge is 0.241 e. The SMILES string of the molecule is CC[Si](CC)(CC)OC(CI)c1ccc(Cl)c(S(=O)(=O)NC)c1. The molecule has 23 heavy (non-hydrogen) atoms. The van der Waals surface area contributed by atoms with E-state index in [2.05, 4.69) is 48.1 Å². The summed E-state index contributed by atoms with van der Waals surface area (Å²) in [4.78, 5) is 0.106. The lowest BCUT2D eigenvalue weighted by molar-refractivity contribution is 0.217. The molecule has 132 valence electrons. The van der Waals surface area contributed by atoms with E-state index < -0.39 is 18.3 Å². The standard InChI is InChI=1S/C15H25ClINO3SSi/c1-5-23(6-2,7-3)21-14(11-17)12-8-9-13(16)15(10-12)22(19,20)18-4/h8-10,14,18H,5-7,11H2,1-4H3. The van der Waals surface area contributed by atoms with Gasteiger partial charge >= 0.3 is 0 Å². The van der Waals surface area contributed by atoms with Crippen LogP contribution in [0.4, 0.5) is 0 Å². The second-order valence-corrected chi connectivity index (χ2v) is 13.3. The van der Waals surface area contributed by atoms with E-state index in [1.807, 2.05) is 6.07 Å². The number of hydrogen-bond donors (Lipinski definition) is 1. The number of alkyl halides is 1. The first-order chi connectivity index (χ1) is 10.8. The number of nitrogens with one attached hydrogen (secondary N) is 1. The van der Waals surface area contributed by atoms with E-state index in [4.69, 9.17) is 16.0 Å². The Morgan fingerprint density at radius 1 is 1.26 bits per heavy atom. The summed E-state index contributed by atoms with van der Waals surface area (Å²) in [6, 6.07) is 8.31. The summed E-state index contributed by atoms with van der Waals surface area (Å²) in [5.41, 5.74) is 0.866. The van der Waals surface area contributed by atoms with Gasteiger partial charge in [-0.25, -0.2) is 13.1 Å². The van der Waals surface area contributed by atoms with Gasteiger partial charge in [0.25, 0.3) is 0 Å². The molecule has 1 N–H and O–H groups in total. The molecule has 0 aliphatic heterocycles. The van der Waals surface area contributed by atoms with Crippen molar-refractivity contribution in [3.8, 4) is 0 Å². The van der Waals surface area contributed by atoms with E-state index >= 15 is 0 Å². The zero-order chi connectivity index (χ0) is 17.7. The van der Waals surface area contributed by atoms with Crippen LogP contribution in [0.1, 0.15) is 32.4 Å². The summed E-state index contributed by atoms with van der Waals surface area (Å²) < 4.78 is 33.8. The molecule has 0 aliphatic carbocycles. The molecule has 0 spiro atoms. The lowest BCUT2D eigenvalue weighted by Crippen LogP contribution is -2.37. The Kier molecular flexibility index (Phi) is 8.50. The van der Waals surface area contributed by atoms with Crippen molar-refractivity contribution in [1.29, 1.82) is 0 Å². The van der Waals surface area contributed by atoms with E-state index in [-0.39, 0.29) is 16.0 Å². The maximum Gasteiger partial charge on any atom is 0.241 e. The minimum atomic E-state index is -3.58. The number of benzene rings is 1. The first kappa shape index (κ1) is 21.4. The largest absolute Gasteiger partial charge is 0.409 e. The normalized spacial score (nSPS) is 14.0. The maximum absolute atomic E-state index is 12.1. The van der Waals surface area contributed by atoms with E-state index in [1.165, 1.54) is 7.05 Å². The molecule has 8 heteroatoms. The Balaban J connectivity index is 3.25. The Bertz CT molecular complexity index is 615. The summed E-state index contributed by atoms with van der Waals surface area (Å²) in [6.45, 7) is 6.55. The average molecular weight is 490 g/mol. The third-order valence-electron chi connectivity index (χ3n) is 4.35. The lowest BCUT2D eigenvalue weighted by Gasteiger charge is -2.33. The second kappa shape index (κ2) is 9.14. The van der Waals surface area contributed by atoms with E-state index in [9.17, 15) is 8.42 Å². The predicted molar refractivity (Wildman–Crippen MR) is 108 cm³/mol. The van der Waals surface area contributed by atoms with Crippen molar-refractivity contribution < 1.29 is 12.8 Å². The van der Waals surface area contributed by atoms with Gasteiger partial charge in [-0.1, -0.05) is 61.0 Å². The molecule has 1 aromatic rings. The molecule has 1 atom stereocenters. The first-order valence-corrected chi connectivity index (χ1v) is 13.7. The van der Waals surface area contributed by atoms with Gasteiger partial charge in [0.15, 0.2) is 8.32 Å². The van der Waals surface area contributed by atoms with Crippen LogP contribution in [-0.2, 0) is 14.4 Å². The van der Waals surface area contributed by atoms with Gasteiger partial charge in [0.2, 0.25) is 10.0 Å². The van der Waals surface area contributed by atoms with E-state index in [0.717, 1.165) is 28.1 Å². The van der Waals surface area contributed by atoms with Crippen molar-refractivity contribution in [3.63, 3.8) is 0 Å². The minimum absolute atomic E-state index is 0.106. The fourth-order valence-corrected chi connectivity index (χ4v) is 7.64. The van der Waals surface area contributed by atoms with Crippen LogP contribution in [0.5, 0.6) is 0 Å². The zero-order valence-corrected chi connectivity index (χ0v) is 18.8. The molecule has 0 saturated heterocycles. The molecule has 0 fully saturated rings. The van der Waals surface area contributed by atoms with Crippen LogP contribution in [0.2, 0.25) is 23.2 Å². The van der Waals surface area contributed by atoms with Gasteiger partial charge in [-0.15, -0.1) is 0 Å². The van der Waals surface area contributed by atoms with Crippen LogP contribution < -0.4 is 4.72 Å². The molecular formula is C15H25ClINO3SSi. The van der Waals surface area contributed by atoms with Crippen molar-refractivity contribution in [2.75, 3.05) is 11.5 Å². The summed E-state index contributed by atoms with van der Waals surface area (Å²) >= 11 is 8.36. The highest BCUT2D eigenvalue weighted by Crippen LogP contribution is 2.33. The van der Waals surface area contributed by atoms with Crippen molar-refractivity contribution >= 4 is 52.5 Å². The van der Waals surface area contributed by atoms with E-state index in [1.54, 1.807) is 12.1 Å². The van der Waals surface area contributed by atoms with Crippen molar-refractivity contribution in [3.05, 3.63) is 28.8 Å². The van der Waals surface area contributed by atoms with Crippen LogP contribution in [0.3, 0.4) is 0 Å². The van der Waals surface area contributed by atoms with Gasteiger partial charge in [-0.05, 0) is 42.9 Å². The zero-order valence-electron chi connectivity index (χ0n) is 14.0. The van der Waals surface area contributed by atoms with E-state index in [0.29, 0.717) is 0 Å². The molecule has 0 heterocycles. The first-order valence-electron chi connectivity index (χ1n) is 7.75. The van der Waals surface area contributed by atoms with Crippen LogP contribution in [0.15, 0.2) is 23.1 Å². The minimum Gasteiger partial charge on any atom is -0.409 e. The Morgan fingerprint density at radius 3 is 2.26 bits per heavy atom. The van der Waals surface area contributed by atoms with Gasteiger partial charge in [0, 0.05) is 4.43 Å². The topological polar surface area (TPSA) is 55.4 Å². The number of rotatable bonds is 9. The molecule has 0 saturated carbocycles. The molecule has 0 aromatic heterocycles. The number of halogens is 2. The van der Waals surface area contributed by atoms with Crippen LogP contribution in [0.25, 0.3) is 0 Å². The summed E-state index contributed by atoms with van der Waals surface area (Å²) in [5.74, 6) is 0. The molecule has 0 aliphatic rings. The Hall–Kier alpha value is 0.327. The van der Waals surface area contributed by atoms with Gasteiger partial charge in [0.1, 0.15) is 4.90 Å². The molecule has 4 nitrogen and oxygen atoms in total. The third kappa shape index (κ3) is 5.15. The van der Waals surface area contributed by atoms with Crippen molar-refractivity contribution in [2.45, 2.75) is 49.9 Å². The summed E-state index contributed by atoms with van der Waals surface area (Å²) in [7, 11) is -3.97. The fourth-order valence-electron chi connectivity index (χ4n) is 2.53. The molecule has 0 bridgehead atoms. The lowest BCUT2D eigenvalue weighted by atomic mass is 10.1. The monoisotopic (exact) mass is 489 g/mol. The molecule has 1 rings (SSSR count). The highest BCUT2D eigenvalue weighted by atomic mass is 127.